The first-order chi connectivity index (χ1) is 9.41. The Kier molecular flexibility index (Phi) is 3.90. The smallest absolute Gasteiger partial charge is 0.305 e. The summed E-state index contributed by atoms with van der Waals surface area (Å²) in [5, 5.41) is 17.6. The van der Waals surface area contributed by atoms with E-state index in [0.717, 1.165) is 0 Å². The van der Waals surface area contributed by atoms with Gasteiger partial charge in [0.15, 0.2) is 9.84 Å². The van der Waals surface area contributed by atoms with Crippen molar-refractivity contribution < 1.29 is 18.3 Å². The van der Waals surface area contributed by atoms with Crippen LogP contribution >= 0.6 is 0 Å². The van der Waals surface area contributed by atoms with Crippen LogP contribution in [0.15, 0.2) is 18.3 Å². The summed E-state index contributed by atoms with van der Waals surface area (Å²) in [6.45, 7) is 0.230. The first-order valence-electron chi connectivity index (χ1n) is 5.96. The molecule has 8 heteroatoms. The van der Waals surface area contributed by atoms with Crippen molar-refractivity contribution >= 4 is 21.5 Å². The minimum atomic E-state index is -3.21. The lowest BCUT2D eigenvalue weighted by Crippen LogP contribution is -2.49. The van der Waals surface area contributed by atoms with E-state index >= 15 is 0 Å². The third-order valence-corrected chi connectivity index (χ3v) is 4.83. The van der Waals surface area contributed by atoms with Crippen LogP contribution in [0.1, 0.15) is 12.1 Å². The van der Waals surface area contributed by atoms with Gasteiger partial charge in [0.1, 0.15) is 11.8 Å². The number of pyridine rings is 1. The Morgan fingerprint density at radius 3 is 2.85 bits per heavy atom. The van der Waals surface area contributed by atoms with Gasteiger partial charge in [-0.1, -0.05) is 0 Å². The van der Waals surface area contributed by atoms with Crippen LogP contribution in [-0.4, -0.2) is 48.6 Å². The normalized spacial score (nSPS) is 21.1. The number of rotatable bonds is 3. The zero-order valence-corrected chi connectivity index (χ0v) is 11.4. The zero-order valence-electron chi connectivity index (χ0n) is 10.6. The Morgan fingerprint density at radius 1 is 1.55 bits per heavy atom. The van der Waals surface area contributed by atoms with E-state index in [2.05, 4.69) is 4.98 Å². The summed E-state index contributed by atoms with van der Waals surface area (Å²) in [4.78, 5) is 16.5. The van der Waals surface area contributed by atoms with Gasteiger partial charge >= 0.3 is 5.97 Å². The molecular weight excluding hydrogens is 282 g/mol. The van der Waals surface area contributed by atoms with Crippen molar-refractivity contribution in [3.8, 4) is 6.07 Å². The Balaban J connectivity index is 2.27. The summed E-state index contributed by atoms with van der Waals surface area (Å²) in [5.74, 6) is -1.23. The Labute approximate surface area is 116 Å². The molecule has 0 aliphatic carbocycles. The van der Waals surface area contributed by atoms with E-state index in [1.165, 1.54) is 12.3 Å². The molecular formula is C12H13N3O4S. The molecule has 0 radical (unpaired) electrons. The Morgan fingerprint density at radius 2 is 2.30 bits per heavy atom. The van der Waals surface area contributed by atoms with Crippen molar-refractivity contribution in [3.63, 3.8) is 0 Å². The van der Waals surface area contributed by atoms with Crippen LogP contribution in [0, 0.1) is 11.3 Å². The number of carboxylic acids is 1. The average Bonchev–Trinajstić information content (AvgIpc) is 2.37. The van der Waals surface area contributed by atoms with Crippen molar-refractivity contribution in [2.45, 2.75) is 12.5 Å². The van der Waals surface area contributed by atoms with Crippen LogP contribution in [0.4, 0.5) is 5.69 Å². The first-order valence-corrected chi connectivity index (χ1v) is 7.78. The summed E-state index contributed by atoms with van der Waals surface area (Å²) in [5.41, 5.74) is 0.887. The number of aromatic nitrogens is 1. The molecule has 1 aromatic rings. The van der Waals surface area contributed by atoms with Crippen LogP contribution in [0.5, 0.6) is 0 Å². The molecule has 7 nitrogen and oxygen atoms in total. The number of anilines is 1. The summed E-state index contributed by atoms with van der Waals surface area (Å²) in [7, 11) is -3.21. The maximum absolute atomic E-state index is 11.6. The molecule has 0 saturated carbocycles. The monoisotopic (exact) mass is 295 g/mol. The van der Waals surface area contributed by atoms with Gasteiger partial charge in [0, 0.05) is 6.54 Å². The summed E-state index contributed by atoms with van der Waals surface area (Å²) in [6.07, 6.45) is 1.21. The molecule has 1 N–H and O–H groups in total. The Hall–Kier alpha value is -2.14. The highest BCUT2D eigenvalue weighted by Gasteiger charge is 2.32. The molecule has 2 rings (SSSR count). The molecule has 1 aromatic heterocycles. The fraction of sp³-hybridized carbons (Fsp3) is 0.417. The van der Waals surface area contributed by atoms with E-state index in [-0.39, 0.29) is 30.2 Å². The van der Waals surface area contributed by atoms with E-state index in [9.17, 15) is 13.2 Å². The second-order valence-corrected chi connectivity index (χ2v) is 6.80. The molecule has 1 unspecified atom stereocenters. The molecule has 0 spiro atoms. The van der Waals surface area contributed by atoms with Crippen LogP contribution in [-0.2, 0) is 14.6 Å². The fourth-order valence-electron chi connectivity index (χ4n) is 2.22. The Bertz CT molecular complexity index is 648. The van der Waals surface area contributed by atoms with Gasteiger partial charge in [0.25, 0.3) is 0 Å². The van der Waals surface area contributed by atoms with Crippen molar-refractivity contribution in [3.05, 3.63) is 24.0 Å². The number of carbonyl (C=O) groups is 1. The molecule has 20 heavy (non-hydrogen) atoms. The van der Waals surface area contributed by atoms with Gasteiger partial charge in [-0.05, 0) is 12.1 Å². The standard InChI is InChI=1S/C12H13N3O4S/c13-6-9-1-2-10(7-14-9)15-3-4-20(18,19)8-11(15)5-12(16)17/h1-2,7,11H,3-5,8H2,(H,16,17). The molecule has 1 atom stereocenters. The summed E-state index contributed by atoms with van der Waals surface area (Å²) < 4.78 is 23.3. The minimum Gasteiger partial charge on any atom is -0.481 e. The predicted octanol–water partition coefficient (Wildman–Crippen LogP) is 0.0314. The molecule has 0 amide bonds. The number of nitrogens with zero attached hydrogens (tertiary/aromatic N) is 3. The van der Waals surface area contributed by atoms with Crippen LogP contribution in [0.25, 0.3) is 0 Å². The van der Waals surface area contributed by atoms with Gasteiger partial charge in [0.2, 0.25) is 0 Å². The first kappa shape index (κ1) is 14.3. The molecule has 0 aromatic carbocycles. The quantitative estimate of drug-likeness (QED) is 0.837. The van der Waals surface area contributed by atoms with Crippen molar-refractivity contribution in [1.82, 2.24) is 4.98 Å². The fourth-order valence-corrected chi connectivity index (χ4v) is 3.74. The number of sulfone groups is 1. The van der Waals surface area contributed by atoms with E-state index in [4.69, 9.17) is 10.4 Å². The number of hydrogen-bond acceptors (Lipinski definition) is 6. The van der Waals surface area contributed by atoms with Gasteiger partial charge in [-0.3, -0.25) is 4.79 Å². The van der Waals surface area contributed by atoms with E-state index in [1.54, 1.807) is 11.0 Å². The van der Waals surface area contributed by atoms with Crippen LogP contribution in [0.3, 0.4) is 0 Å². The molecule has 2 heterocycles. The molecule has 1 saturated heterocycles. The van der Waals surface area contributed by atoms with Gasteiger partial charge < -0.3 is 10.0 Å². The lowest BCUT2D eigenvalue weighted by Gasteiger charge is -2.36. The molecule has 1 aliphatic heterocycles. The predicted molar refractivity (Wildman–Crippen MR) is 71.0 cm³/mol. The molecule has 1 aliphatic rings. The third-order valence-electron chi connectivity index (χ3n) is 3.13. The number of nitriles is 1. The highest BCUT2D eigenvalue weighted by atomic mass is 32.2. The third kappa shape index (κ3) is 3.24. The topological polar surface area (TPSA) is 111 Å². The number of aliphatic carboxylic acids is 1. The lowest BCUT2D eigenvalue weighted by atomic mass is 10.1. The maximum Gasteiger partial charge on any atom is 0.305 e. The highest BCUT2D eigenvalue weighted by Crippen LogP contribution is 2.23. The van der Waals surface area contributed by atoms with Crippen LogP contribution < -0.4 is 4.90 Å². The van der Waals surface area contributed by atoms with Crippen molar-refractivity contribution in [2.75, 3.05) is 23.0 Å². The van der Waals surface area contributed by atoms with E-state index in [0.29, 0.717) is 5.69 Å². The van der Waals surface area contributed by atoms with E-state index in [1.807, 2.05) is 6.07 Å². The second-order valence-electron chi connectivity index (χ2n) is 4.57. The summed E-state index contributed by atoms with van der Waals surface area (Å²) in [6, 6.07) is 4.46. The minimum absolute atomic E-state index is 0.0108. The maximum atomic E-state index is 11.6. The van der Waals surface area contributed by atoms with Crippen LogP contribution in [0.2, 0.25) is 0 Å². The van der Waals surface area contributed by atoms with E-state index < -0.39 is 21.8 Å². The lowest BCUT2D eigenvalue weighted by molar-refractivity contribution is -0.137. The SMILES string of the molecule is N#Cc1ccc(N2CCS(=O)(=O)CC2CC(=O)O)cn1. The molecule has 1 fully saturated rings. The average molecular weight is 295 g/mol. The van der Waals surface area contributed by atoms with Gasteiger partial charge in [-0.15, -0.1) is 0 Å². The van der Waals surface area contributed by atoms with Gasteiger partial charge in [-0.2, -0.15) is 5.26 Å². The highest BCUT2D eigenvalue weighted by molar-refractivity contribution is 7.91. The number of hydrogen-bond donors (Lipinski definition) is 1. The molecule has 106 valence electrons. The largest absolute Gasteiger partial charge is 0.481 e. The number of carboxylic acid groups (broad SMARTS) is 1. The zero-order chi connectivity index (χ0) is 14.8. The van der Waals surface area contributed by atoms with Gasteiger partial charge in [0.05, 0.1) is 35.9 Å². The van der Waals surface area contributed by atoms with Crippen molar-refractivity contribution in [2.24, 2.45) is 0 Å². The van der Waals surface area contributed by atoms with Crippen molar-refractivity contribution in [1.29, 1.82) is 5.26 Å². The second kappa shape index (κ2) is 5.46. The molecule has 0 bridgehead atoms. The van der Waals surface area contributed by atoms with Gasteiger partial charge in [-0.25, -0.2) is 13.4 Å². The summed E-state index contributed by atoms with van der Waals surface area (Å²) >= 11 is 0.